The summed E-state index contributed by atoms with van der Waals surface area (Å²) in [6.07, 6.45) is 2.69. The Labute approximate surface area is 179 Å². The molecule has 0 aliphatic rings. The average Bonchev–Trinajstić information content (AvgIpc) is 2.69. The van der Waals surface area contributed by atoms with Crippen molar-refractivity contribution in [3.63, 3.8) is 0 Å². The standard InChI is InChI=1S/C23H36O7/c1-23(2,3)30-21(25)13-10-16-29-20(22(26)27-4)17-18-11-6-7-12-19(18)28-15-9-5-8-14-24/h6-7,11-12,20,24H,5,8-10,13-17H2,1-4H3. The Morgan fingerprint density at radius 1 is 1.03 bits per heavy atom. The van der Waals surface area contributed by atoms with Crippen molar-refractivity contribution in [3.8, 4) is 5.75 Å². The van der Waals surface area contributed by atoms with Crippen LogP contribution in [0.5, 0.6) is 5.75 Å². The molecule has 0 saturated heterocycles. The van der Waals surface area contributed by atoms with Crippen LogP contribution in [0.3, 0.4) is 0 Å². The molecule has 0 bridgehead atoms. The third-order valence-electron chi connectivity index (χ3n) is 4.17. The number of aliphatic hydroxyl groups is 1. The second-order valence-electron chi connectivity index (χ2n) is 8.02. The fraction of sp³-hybridized carbons (Fsp3) is 0.652. The molecule has 1 atom stereocenters. The monoisotopic (exact) mass is 424 g/mol. The number of unbranched alkanes of at least 4 members (excludes halogenated alkanes) is 2. The van der Waals surface area contributed by atoms with Gasteiger partial charge in [-0.2, -0.15) is 0 Å². The topological polar surface area (TPSA) is 91.3 Å². The number of esters is 2. The molecule has 0 aliphatic carbocycles. The van der Waals surface area contributed by atoms with Gasteiger partial charge in [0.1, 0.15) is 11.4 Å². The van der Waals surface area contributed by atoms with Crippen LogP contribution in [-0.2, 0) is 30.2 Å². The van der Waals surface area contributed by atoms with Crippen LogP contribution in [-0.4, -0.2) is 55.7 Å². The molecule has 7 nitrogen and oxygen atoms in total. The molecule has 0 spiro atoms. The Kier molecular flexibility index (Phi) is 12.1. The van der Waals surface area contributed by atoms with Gasteiger partial charge in [0.25, 0.3) is 0 Å². The summed E-state index contributed by atoms with van der Waals surface area (Å²) in [5, 5.41) is 8.85. The quantitative estimate of drug-likeness (QED) is 0.361. The van der Waals surface area contributed by atoms with Gasteiger partial charge < -0.3 is 24.1 Å². The number of benzene rings is 1. The van der Waals surface area contributed by atoms with E-state index >= 15 is 0 Å². The lowest BCUT2D eigenvalue weighted by molar-refractivity contribution is -0.156. The highest BCUT2D eigenvalue weighted by molar-refractivity contribution is 5.75. The van der Waals surface area contributed by atoms with Crippen molar-refractivity contribution in [2.45, 2.75) is 71.0 Å². The second-order valence-corrected chi connectivity index (χ2v) is 8.02. The maximum atomic E-state index is 12.2. The van der Waals surface area contributed by atoms with Gasteiger partial charge in [0.15, 0.2) is 6.10 Å². The molecule has 0 saturated carbocycles. The molecular formula is C23H36O7. The molecule has 7 heteroatoms. The van der Waals surface area contributed by atoms with Crippen molar-refractivity contribution in [1.29, 1.82) is 0 Å². The van der Waals surface area contributed by atoms with Crippen molar-refractivity contribution in [3.05, 3.63) is 29.8 Å². The van der Waals surface area contributed by atoms with E-state index in [4.69, 9.17) is 24.1 Å². The molecule has 1 unspecified atom stereocenters. The van der Waals surface area contributed by atoms with Crippen molar-refractivity contribution in [2.75, 3.05) is 26.9 Å². The summed E-state index contributed by atoms with van der Waals surface area (Å²) in [6, 6.07) is 7.51. The first kappa shape index (κ1) is 25.9. The number of aliphatic hydroxyl groups excluding tert-OH is 1. The number of rotatable bonds is 14. The Morgan fingerprint density at radius 2 is 1.77 bits per heavy atom. The van der Waals surface area contributed by atoms with Crippen LogP contribution < -0.4 is 4.74 Å². The molecule has 1 rings (SSSR count). The zero-order valence-electron chi connectivity index (χ0n) is 18.6. The number of methoxy groups -OCH3 is 1. The van der Waals surface area contributed by atoms with E-state index in [0.717, 1.165) is 24.8 Å². The van der Waals surface area contributed by atoms with Gasteiger partial charge in [0.2, 0.25) is 0 Å². The summed E-state index contributed by atoms with van der Waals surface area (Å²) in [5.41, 5.74) is 0.330. The molecule has 1 aromatic rings. The summed E-state index contributed by atoms with van der Waals surface area (Å²) in [4.78, 5) is 24.0. The first-order valence-corrected chi connectivity index (χ1v) is 10.5. The number of ether oxygens (including phenoxy) is 4. The first-order valence-electron chi connectivity index (χ1n) is 10.5. The van der Waals surface area contributed by atoms with E-state index in [1.54, 1.807) is 0 Å². The van der Waals surface area contributed by atoms with Crippen LogP contribution in [0.4, 0.5) is 0 Å². The maximum Gasteiger partial charge on any atom is 0.335 e. The van der Waals surface area contributed by atoms with Crippen LogP contribution in [0.15, 0.2) is 24.3 Å². The predicted octanol–water partition coefficient (Wildman–Crippen LogP) is 3.45. The van der Waals surface area contributed by atoms with Gasteiger partial charge in [-0.25, -0.2) is 4.79 Å². The van der Waals surface area contributed by atoms with Crippen molar-refractivity contribution >= 4 is 11.9 Å². The minimum Gasteiger partial charge on any atom is -0.493 e. The summed E-state index contributed by atoms with van der Waals surface area (Å²) in [5.74, 6) is -0.0570. The van der Waals surface area contributed by atoms with E-state index in [9.17, 15) is 9.59 Å². The summed E-state index contributed by atoms with van der Waals surface area (Å²) in [7, 11) is 1.32. The van der Waals surface area contributed by atoms with E-state index in [-0.39, 0.29) is 25.6 Å². The molecule has 0 heterocycles. The fourth-order valence-electron chi connectivity index (χ4n) is 2.76. The normalized spacial score (nSPS) is 12.3. The predicted molar refractivity (Wildman–Crippen MR) is 113 cm³/mol. The lowest BCUT2D eigenvalue weighted by Crippen LogP contribution is -2.29. The number of carbonyl (C=O) groups excluding carboxylic acids is 2. The fourth-order valence-corrected chi connectivity index (χ4v) is 2.76. The van der Waals surface area contributed by atoms with E-state index in [0.29, 0.717) is 25.2 Å². The zero-order chi connectivity index (χ0) is 22.4. The minimum atomic E-state index is -0.784. The molecule has 0 radical (unpaired) electrons. The van der Waals surface area contributed by atoms with Gasteiger partial charge in [0.05, 0.1) is 13.7 Å². The number of hydrogen-bond donors (Lipinski definition) is 1. The van der Waals surface area contributed by atoms with Crippen molar-refractivity contribution in [2.24, 2.45) is 0 Å². The van der Waals surface area contributed by atoms with E-state index in [1.807, 2.05) is 45.0 Å². The molecular weight excluding hydrogens is 388 g/mol. The summed E-state index contributed by atoms with van der Waals surface area (Å²) in [6.45, 7) is 6.42. The summed E-state index contributed by atoms with van der Waals surface area (Å²) >= 11 is 0. The Morgan fingerprint density at radius 3 is 2.43 bits per heavy atom. The Hall–Kier alpha value is -2.12. The van der Waals surface area contributed by atoms with E-state index < -0.39 is 17.7 Å². The third kappa shape index (κ3) is 11.2. The van der Waals surface area contributed by atoms with Crippen molar-refractivity contribution in [1.82, 2.24) is 0 Å². The number of hydrogen-bond acceptors (Lipinski definition) is 7. The average molecular weight is 425 g/mol. The number of carbonyl (C=O) groups is 2. The molecule has 1 N–H and O–H groups in total. The summed E-state index contributed by atoms with van der Waals surface area (Å²) < 4.78 is 21.7. The largest absolute Gasteiger partial charge is 0.493 e. The van der Waals surface area contributed by atoms with Gasteiger partial charge >= 0.3 is 11.9 Å². The molecule has 170 valence electrons. The van der Waals surface area contributed by atoms with Crippen LogP contribution in [0.2, 0.25) is 0 Å². The smallest absolute Gasteiger partial charge is 0.335 e. The second kappa shape index (κ2) is 14.0. The molecule has 30 heavy (non-hydrogen) atoms. The number of para-hydroxylation sites is 1. The lowest BCUT2D eigenvalue weighted by Gasteiger charge is -2.20. The van der Waals surface area contributed by atoms with Gasteiger partial charge in [-0.15, -0.1) is 0 Å². The maximum absolute atomic E-state index is 12.2. The Bertz CT molecular complexity index is 637. The first-order chi connectivity index (χ1) is 14.3. The zero-order valence-corrected chi connectivity index (χ0v) is 18.6. The Balaban J connectivity index is 2.58. The van der Waals surface area contributed by atoms with Crippen molar-refractivity contribution < 1.29 is 33.6 Å². The van der Waals surface area contributed by atoms with Crippen LogP contribution >= 0.6 is 0 Å². The molecule has 0 aliphatic heterocycles. The molecule has 1 aromatic carbocycles. The SMILES string of the molecule is COC(=O)C(Cc1ccccc1OCCCCCO)OCCCC(=O)OC(C)(C)C. The van der Waals surface area contributed by atoms with Gasteiger partial charge in [-0.3, -0.25) is 4.79 Å². The van der Waals surface area contributed by atoms with Gasteiger partial charge in [0, 0.05) is 26.1 Å². The van der Waals surface area contributed by atoms with Gasteiger partial charge in [-0.1, -0.05) is 18.2 Å². The van der Waals surface area contributed by atoms with Crippen LogP contribution in [0.25, 0.3) is 0 Å². The third-order valence-corrected chi connectivity index (χ3v) is 4.17. The molecule has 0 amide bonds. The van der Waals surface area contributed by atoms with Gasteiger partial charge in [-0.05, 0) is 58.1 Å². The van der Waals surface area contributed by atoms with E-state index in [1.165, 1.54) is 7.11 Å². The molecule has 0 fully saturated rings. The molecule has 0 aromatic heterocycles. The minimum absolute atomic E-state index is 0.183. The highest BCUT2D eigenvalue weighted by Crippen LogP contribution is 2.21. The lowest BCUT2D eigenvalue weighted by atomic mass is 10.1. The highest BCUT2D eigenvalue weighted by Gasteiger charge is 2.23. The highest BCUT2D eigenvalue weighted by atomic mass is 16.6. The van der Waals surface area contributed by atoms with Crippen LogP contribution in [0, 0.1) is 0 Å². The van der Waals surface area contributed by atoms with E-state index in [2.05, 4.69) is 0 Å². The van der Waals surface area contributed by atoms with Crippen LogP contribution in [0.1, 0.15) is 58.4 Å².